The molecule has 10 nitrogen and oxygen atoms in total. The molecule has 0 spiro atoms. The van der Waals surface area contributed by atoms with E-state index >= 15 is 0 Å². The van der Waals surface area contributed by atoms with Crippen molar-refractivity contribution >= 4 is 17.6 Å². The lowest BCUT2D eigenvalue weighted by molar-refractivity contribution is 0.0697. The van der Waals surface area contributed by atoms with Crippen LogP contribution in [0.15, 0.2) is 71.9 Å². The number of halogens is 1. The molecular weight excluding hydrogens is 506 g/mol. The molecule has 3 heterocycles. The molecular formula is C27H24ClN7O3. The quantitative estimate of drug-likeness (QED) is 0.284. The van der Waals surface area contributed by atoms with E-state index in [1.54, 1.807) is 35.3 Å². The largest absolute Gasteiger partial charge is 0.478 e. The summed E-state index contributed by atoms with van der Waals surface area (Å²) in [6, 6.07) is 14.3. The zero-order valence-electron chi connectivity index (χ0n) is 20.5. The maximum Gasteiger partial charge on any atom is 0.337 e. The fourth-order valence-corrected chi connectivity index (χ4v) is 4.69. The van der Waals surface area contributed by atoms with Crippen LogP contribution in [0.5, 0.6) is 0 Å². The fraction of sp³-hybridized carbons (Fsp3) is 0.185. The minimum absolute atomic E-state index is 0.0302. The number of pyridine rings is 1. The van der Waals surface area contributed by atoms with Gasteiger partial charge in [-0.3, -0.25) is 14.1 Å². The van der Waals surface area contributed by atoms with E-state index in [9.17, 15) is 14.7 Å². The number of hydrogen-bond acceptors (Lipinski definition) is 6. The van der Waals surface area contributed by atoms with E-state index in [0.29, 0.717) is 18.8 Å². The summed E-state index contributed by atoms with van der Waals surface area (Å²) in [5.41, 5.74) is 4.13. The van der Waals surface area contributed by atoms with Gasteiger partial charge in [0.1, 0.15) is 0 Å². The third-order valence-electron chi connectivity index (χ3n) is 6.33. The number of benzene rings is 2. The number of rotatable bonds is 9. The highest BCUT2D eigenvalue weighted by Gasteiger charge is 2.20. The SMILES string of the molecule is CCCCc1cn(-c2c(Cl)cccc2C(=O)O)c(=O)n1Cc1ccc(-c2cnccc2-c2nnn[nH]2)cc1. The van der Waals surface area contributed by atoms with Gasteiger partial charge in [-0.05, 0) is 52.6 Å². The summed E-state index contributed by atoms with van der Waals surface area (Å²) in [6.07, 6.45) is 7.65. The molecule has 0 aliphatic carbocycles. The minimum Gasteiger partial charge on any atom is -0.478 e. The number of aromatic nitrogens is 7. The number of aryl methyl sites for hydroxylation is 1. The zero-order chi connectivity index (χ0) is 26.6. The molecule has 0 atom stereocenters. The molecule has 0 radical (unpaired) electrons. The second-order valence-corrected chi connectivity index (χ2v) is 9.18. The molecule has 0 amide bonds. The highest BCUT2D eigenvalue weighted by molar-refractivity contribution is 6.33. The molecule has 2 N–H and O–H groups in total. The van der Waals surface area contributed by atoms with Gasteiger partial charge in [-0.25, -0.2) is 14.7 Å². The Bertz CT molecular complexity index is 1640. The third-order valence-corrected chi connectivity index (χ3v) is 6.64. The maximum atomic E-state index is 13.6. The zero-order valence-corrected chi connectivity index (χ0v) is 21.3. The Hall–Kier alpha value is -4.57. The summed E-state index contributed by atoms with van der Waals surface area (Å²) in [7, 11) is 0. The first-order chi connectivity index (χ1) is 18.5. The number of carbonyl (C=O) groups is 1. The van der Waals surface area contributed by atoms with Crippen molar-refractivity contribution in [2.24, 2.45) is 0 Å². The predicted octanol–water partition coefficient (Wildman–Crippen LogP) is 4.62. The van der Waals surface area contributed by atoms with E-state index in [1.807, 2.05) is 30.3 Å². The number of tetrazole rings is 1. The Morgan fingerprint density at radius 2 is 1.92 bits per heavy atom. The number of hydrogen-bond donors (Lipinski definition) is 2. The molecule has 38 heavy (non-hydrogen) atoms. The average molecular weight is 530 g/mol. The molecule has 0 unspecified atom stereocenters. The first-order valence-corrected chi connectivity index (χ1v) is 12.5. The van der Waals surface area contributed by atoms with Gasteiger partial charge in [0.2, 0.25) is 0 Å². The van der Waals surface area contributed by atoms with Gasteiger partial charge in [-0.2, -0.15) is 0 Å². The van der Waals surface area contributed by atoms with Gasteiger partial charge in [0, 0.05) is 35.4 Å². The van der Waals surface area contributed by atoms with Crippen molar-refractivity contribution in [1.82, 2.24) is 34.7 Å². The standard InChI is InChI=1S/C27H24ClN7O3/c1-2-3-5-19-16-35(24-21(26(36)37)6-4-7-23(24)28)27(38)34(19)15-17-8-10-18(11-9-17)22-14-29-13-12-20(22)25-30-32-33-31-25/h4,6-14,16H,2-3,5,15H2,1H3,(H,36,37)(H,30,31,32,33). The van der Waals surface area contributed by atoms with E-state index in [-0.39, 0.29) is 22.0 Å². The van der Waals surface area contributed by atoms with Crippen molar-refractivity contribution in [3.63, 3.8) is 0 Å². The molecule has 0 bridgehead atoms. The number of carboxylic acid groups (broad SMARTS) is 1. The van der Waals surface area contributed by atoms with Crippen molar-refractivity contribution in [2.45, 2.75) is 32.7 Å². The molecule has 11 heteroatoms. The molecule has 5 rings (SSSR count). The van der Waals surface area contributed by atoms with Crippen LogP contribution in [-0.2, 0) is 13.0 Å². The molecule has 0 aliphatic rings. The van der Waals surface area contributed by atoms with Crippen LogP contribution in [0.3, 0.4) is 0 Å². The van der Waals surface area contributed by atoms with Crippen LogP contribution in [0, 0.1) is 0 Å². The molecule has 2 aromatic carbocycles. The minimum atomic E-state index is -1.15. The monoisotopic (exact) mass is 529 g/mol. The molecule has 192 valence electrons. The van der Waals surface area contributed by atoms with Crippen LogP contribution in [-0.4, -0.2) is 45.8 Å². The normalized spacial score (nSPS) is 11.1. The van der Waals surface area contributed by atoms with Crippen LogP contribution < -0.4 is 5.69 Å². The molecule has 5 aromatic rings. The molecule has 0 aliphatic heterocycles. The van der Waals surface area contributed by atoms with Gasteiger partial charge in [-0.15, -0.1) is 5.10 Å². The van der Waals surface area contributed by atoms with Crippen LogP contribution in [0.1, 0.15) is 41.4 Å². The van der Waals surface area contributed by atoms with E-state index in [4.69, 9.17) is 11.6 Å². The Morgan fingerprint density at radius 1 is 1.11 bits per heavy atom. The Kier molecular flexibility index (Phi) is 7.14. The first-order valence-electron chi connectivity index (χ1n) is 12.1. The van der Waals surface area contributed by atoms with Crippen LogP contribution in [0.4, 0.5) is 0 Å². The van der Waals surface area contributed by atoms with Gasteiger partial charge in [-0.1, -0.05) is 55.3 Å². The van der Waals surface area contributed by atoms with Gasteiger partial charge in [0.05, 0.1) is 22.8 Å². The van der Waals surface area contributed by atoms with E-state index in [1.165, 1.54) is 10.6 Å². The maximum absolute atomic E-state index is 13.6. The highest BCUT2D eigenvalue weighted by atomic mass is 35.5. The lowest BCUT2D eigenvalue weighted by Gasteiger charge is -2.10. The van der Waals surface area contributed by atoms with E-state index in [2.05, 4.69) is 32.5 Å². The van der Waals surface area contributed by atoms with E-state index in [0.717, 1.165) is 40.8 Å². The van der Waals surface area contributed by atoms with Crippen molar-refractivity contribution in [3.8, 4) is 28.2 Å². The van der Waals surface area contributed by atoms with Crippen LogP contribution >= 0.6 is 11.6 Å². The Balaban J connectivity index is 1.51. The summed E-state index contributed by atoms with van der Waals surface area (Å²) in [5, 5.41) is 24.0. The van der Waals surface area contributed by atoms with E-state index < -0.39 is 5.97 Å². The Labute approximate surface area is 222 Å². The predicted molar refractivity (Wildman–Crippen MR) is 143 cm³/mol. The summed E-state index contributed by atoms with van der Waals surface area (Å²) < 4.78 is 3.02. The average Bonchev–Trinajstić information content (AvgIpc) is 3.57. The molecule has 3 aromatic heterocycles. The topological polar surface area (TPSA) is 132 Å². The molecule has 0 saturated carbocycles. The summed E-state index contributed by atoms with van der Waals surface area (Å²) in [6.45, 7) is 2.40. The van der Waals surface area contributed by atoms with Gasteiger partial charge in [0.25, 0.3) is 0 Å². The summed E-state index contributed by atoms with van der Waals surface area (Å²) in [5.74, 6) is -0.607. The second kappa shape index (κ2) is 10.8. The van der Waals surface area contributed by atoms with Crippen molar-refractivity contribution < 1.29 is 9.90 Å². The van der Waals surface area contributed by atoms with Crippen molar-refractivity contribution in [2.75, 3.05) is 0 Å². The Morgan fingerprint density at radius 3 is 2.63 bits per heavy atom. The molecule has 0 saturated heterocycles. The number of imidazole rings is 1. The van der Waals surface area contributed by atoms with Crippen molar-refractivity contribution in [3.05, 3.63) is 99.4 Å². The highest BCUT2D eigenvalue weighted by Crippen LogP contribution is 2.29. The number of nitrogens with zero attached hydrogens (tertiary/aromatic N) is 6. The van der Waals surface area contributed by atoms with Gasteiger partial charge in [0.15, 0.2) is 5.82 Å². The summed E-state index contributed by atoms with van der Waals surface area (Å²) >= 11 is 6.38. The number of aromatic carboxylic acids is 1. The third kappa shape index (κ3) is 4.85. The lowest BCUT2D eigenvalue weighted by Crippen LogP contribution is -2.26. The number of nitrogens with one attached hydrogen (secondary N) is 1. The number of H-pyrrole nitrogens is 1. The van der Waals surface area contributed by atoms with Crippen LogP contribution in [0.2, 0.25) is 5.02 Å². The fourth-order valence-electron chi connectivity index (χ4n) is 4.42. The summed E-state index contributed by atoms with van der Waals surface area (Å²) in [4.78, 5) is 29.7. The number of carboxylic acids is 1. The van der Waals surface area contributed by atoms with Gasteiger partial charge >= 0.3 is 11.7 Å². The molecule has 0 fully saturated rings. The first kappa shape index (κ1) is 25.1. The van der Waals surface area contributed by atoms with Gasteiger partial charge < -0.3 is 5.11 Å². The smallest absolute Gasteiger partial charge is 0.337 e. The van der Waals surface area contributed by atoms with Crippen molar-refractivity contribution in [1.29, 1.82) is 0 Å². The lowest BCUT2D eigenvalue weighted by atomic mass is 10.0. The second-order valence-electron chi connectivity index (χ2n) is 8.77. The number of unbranched alkanes of at least 4 members (excludes halogenated alkanes) is 1. The van der Waals surface area contributed by atoms with Crippen LogP contribution in [0.25, 0.3) is 28.2 Å². The number of para-hydroxylation sites is 1. The number of aromatic amines is 1.